The first kappa shape index (κ1) is 21.7. The van der Waals surface area contributed by atoms with Gasteiger partial charge >= 0.3 is 0 Å². The maximum absolute atomic E-state index is 6.10. The Labute approximate surface area is 197 Å². The van der Waals surface area contributed by atoms with E-state index in [1.165, 1.54) is 21.5 Å². The van der Waals surface area contributed by atoms with E-state index in [4.69, 9.17) is 9.40 Å². The molecule has 0 saturated heterocycles. The van der Waals surface area contributed by atoms with Gasteiger partial charge in [0.2, 0.25) is 0 Å². The second kappa shape index (κ2) is 8.31. The largest absolute Gasteiger partial charge is 0.456 e. The van der Waals surface area contributed by atoms with Crippen LogP contribution in [0.4, 0.5) is 0 Å². The van der Waals surface area contributed by atoms with Crippen LogP contribution in [0.15, 0.2) is 83.4 Å². The van der Waals surface area contributed by atoms with Crippen LogP contribution in [-0.4, -0.2) is 13.1 Å². The predicted molar refractivity (Wildman–Crippen MR) is 143 cm³/mol. The van der Waals surface area contributed by atoms with Crippen LogP contribution in [0, 0.1) is 12.8 Å². The predicted octanol–water partition coefficient (Wildman–Crippen LogP) is 6.98. The summed E-state index contributed by atoms with van der Waals surface area (Å²) in [6, 6.07) is 26.2. The van der Waals surface area contributed by atoms with Gasteiger partial charge in [-0.15, -0.1) is 0 Å². The lowest BCUT2D eigenvalue weighted by atomic mass is 10.0. The molecule has 0 bridgehead atoms. The highest BCUT2D eigenvalue weighted by Crippen LogP contribution is 2.32. The van der Waals surface area contributed by atoms with E-state index < -0.39 is 8.07 Å². The van der Waals surface area contributed by atoms with E-state index in [1.807, 2.05) is 0 Å². The van der Waals surface area contributed by atoms with Crippen LogP contribution in [-0.2, 0) is 6.42 Å². The molecule has 0 amide bonds. The van der Waals surface area contributed by atoms with E-state index in [1.54, 1.807) is 0 Å². The summed E-state index contributed by atoms with van der Waals surface area (Å²) in [5, 5.41) is 5.20. The molecule has 0 aliphatic heterocycles. The van der Waals surface area contributed by atoms with Gasteiger partial charge in [-0.1, -0.05) is 74.6 Å². The third kappa shape index (κ3) is 4.02. The van der Waals surface area contributed by atoms with Crippen molar-refractivity contribution in [3.05, 3.63) is 90.1 Å². The van der Waals surface area contributed by atoms with Gasteiger partial charge < -0.3 is 4.42 Å². The highest BCUT2D eigenvalue weighted by molar-refractivity contribution is 7.00. The van der Waals surface area contributed by atoms with E-state index in [9.17, 15) is 0 Å². The van der Waals surface area contributed by atoms with Crippen molar-refractivity contribution >= 4 is 40.4 Å². The Balaban J connectivity index is 1.63. The van der Waals surface area contributed by atoms with E-state index in [2.05, 4.69) is 113 Å². The molecule has 0 atom stereocenters. The van der Waals surface area contributed by atoms with Gasteiger partial charge in [0.1, 0.15) is 19.2 Å². The summed E-state index contributed by atoms with van der Waals surface area (Å²) in [6.07, 6.45) is 3.22. The molecule has 33 heavy (non-hydrogen) atoms. The van der Waals surface area contributed by atoms with Crippen molar-refractivity contribution in [3.8, 4) is 11.3 Å². The molecule has 166 valence electrons. The minimum atomic E-state index is -1.84. The molecule has 0 radical (unpaired) electrons. The highest BCUT2D eigenvalue weighted by atomic mass is 28.3. The van der Waals surface area contributed by atoms with Gasteiger partial charge in [-0.25, -0.2) is 0 Å². The number of hydrogen-bond acceptors (Lipinski definition) is 2. The van der Waals surface area contributed by atoms with Gasteiger partial charge in [-0.2, -0.15) is 0 Å². The van der Waals surface area contributed by atoms with E-state index in [0.717, 1.165) is 39.6 Å². The molecule has 0 aliphatic carbocycles. The Bertz CT molecular complexity index is 1450. The van der Waals surface area contributed by atoms with Crippen LogP contribution in [0.5, 0.6) is 0 Å². The zero-order valence-electron chi connectivity index (χ0n) is 20.1. The summed E-state index contributed by atoms with van der Waals surface area (Å²) < 4.78 is 6.10. The third-order valence-corrected chi connectivity index (χ3v) is 10.3. The summed E-state index contributed by atoms with van der Waals surface area (Å²) in [6.45, 7) is 11.6. The number of benzene rings is 3. The van der Waals surface area contributed by atoms with Crippen molar-refractivity contribution in [1.29, 1.82) is 0 Å². The molecule has 2 heterocycles. The van der Waals surface area contributed by atoms with Crippen LogP contribution < -0.4 is 10.4 Å². The highest BCUT2D eigenvalue weighted by Gasteiger charge is 2.29. The van der Waals surface area contributed by atoms with E-state index in [-0.39, 0.29) is 0 Å². The topological polar surface area (TPSA) is 26.0 Å². The van der Waals surface area contributed by atoms with Crippen LogP contribution in [0.1, 0.15) is 25.0 Å². The fourth-order valence-corrected chi connectivity index (χ4v) is 7.58. The smallest absolute Gasteiger partial charge is 0.135 e. The summed E-state index contributed by atoms with van der Waals surface area (Å²) >= 11 is 0. The first-order chi connectivity index (χ1) is 15.8. The maximum atomic E-state index is 6.10. The number of hydrogen-bond donors (Lipinski definition) is 0. The number of fused-ring (bicyclic) bond motifs is 3. The zero-order valence-corrected chi connectivity index (χ0v) is 21.1. The van der Waals surface area contributed by atoms with Gasteiger partial charge in [-0.05, 0) is 65.9 Å². The lowest BCUT2D eigenvalue weighted by molar-refractivity contribution is 0.649. The number of aromatic nitrogens is 1. The molecule has 3 heteroatoms. The molecule has 2 aromatic heterocycles. The van der Waals surface area contributed by atoms with Crippen LogP contribution in [0.2, 0.25) is 13.1 Å². The Morgan fingerprint density at radius 1 is 0.848 bits per heavy atom. The molecule has 0 saturated carbocycles. The Morgan fingerprint density at radius 2 is 1.64 bits per heavy atom. The summed E-state index contributed by atoms with van der Waals surface area (Å²) in [4.78, 5) is 5.00. The molecule has 0 N–H and O–H groups in total. The van der Waals surface area contributed by atoms with E-state index in [0.29, 0.717) is 5.92 Å². The number of furan rings is 1. The minimum Gasteiger partial charge on any atom is -0.456 e. The minimum absolute atomic E-state index is 0.586. The Kier molecular flexibility index (Phi) is 5.45. The molecule has 0 unspecified atom stereocenters. The van der Waals surface area contributed by atoms with Gasteiger partial charge in [0.15, 0.2) is 0 Å². The van der Waals surface area contributed by atoms with Crippen molar-refractivity contribution in [2.24, 2.45) is 5.92 Å². The normalized spacial score (nSPS) is 12.2. The first-order valence-electron chi connectivity index (χ1n) is 11.8. The number of rotatable bonds is 5. The summed E-state index contributed by atoms with van der Waals surface area (Å²) in [5.74, 6) is 0.586. The molecule has 2 nitrogen and oxygen atoms in total. The lowest BCUT2D eigenvalue weighted by Crippen LogP contribution is -2.54. The van der Waals surface area contributed by atoms with Gasteiger partial charge in [0.25, 0.3) is 0 Å². The monoisotopic (exact) mass is 449 g/mol. The maximum Gasteiger partial charge on any atom is 0.135 e. The molecule has 3 aromatic carbocycles. The van der Waals surface area contributed by atoms with Crippen LogP contribution in [0.25, 0.3) is 33.2 Å². The quantitative estimate of drug-likeness (QED) is 0.271. The molecule has 0 spiro atoms. The summed E-state index contributed by atoms with van der Waals surface area (Å²) in [7, 11) is -1.84. The lowest BCUT2D eigenvalue weighted by Gasteiger charge is -2.27. The van der Waals surface area contributed by atoms with Crippen LogP contribution >= 0.6 is 0 Å². The van der Waals surface area contributed by atoms with Crippen molar-refractivity contribution in [3.63, 3.8) is 0 Å². The number of nitrogens with zero attached hydrogens (tertiary/aromatic N) is 1. The second-order valence-electron chi connectivity index (χ2n) is 10.1. The van der Waals surface area contributed by atoms with Crippen molar-refractivity contribution < 1.29 is 4.42 Å². The Morgan fingerprint density at radius 3 is 2.39 bits per heavy atom. The van der Waals surface area contributed by atoms with Crippen LogP contribution in [0.3, 0.4) is 0 Å². The zero-order chi connectivity index (χ0) is 23.2. The van der Waals surface area contributed by atoms with Gasteiger partial charge in [0.05, 0.1) is 5.69 Å². The average Bonchev–Trinajstić information content (AvgIpc) is 3.15. The van der Waals surface area contributed by atoms with Gasteiger partial charge in [0, 0.05) is 22.5 Å². The number of pyridine rings is 1. The first-order valence-corrected chi connectivity index (χ1v) is 14.8. The van der Waals surface area contributed by atoms with Crippen molar-refractivity contribution in [2.45, 2.75) is 40.3 Å². The molecular weight excluding hydrogens is 418 g/mol. The molecular formula is C30H31NOSi. The van der Waals surface area contributed by atoms with E-state index >= 15 is 0 Å². The fraction of sp³-hybridized carbons (Fsp3) is 0.233. The molecule has 0 aliphatic rings. The SMILES string of the molecule is Cc1ccc2c(c1)oc1ccc(-c3cc(CC(C)C)c([Si](C)(C)c4ccccc4)cn3)cc12. The fourth-order valence-electron chi connectivity index (χ4n) is 4.88. The molecule has 0 fully saturated rings. The van der Waals surface area contributed by atoms with Crippen molar-refractivity contribution in [2.75, 3.05) is 0 Å². The second-order valence-corrected chi connectivity index (χ2v) is 14.5. The third-order valence-electron chi connectivity index (χ3n) is 6.71. The molecule has 5 rings (SSSR count). The molecule has 5 aromatic rings. The summed E-state index contributed by atoms with van der Waals surface area (Å²) in [5.41, 5.74) is 6.69. The Hall–Kier alpha value is -3.17. The standard InChI is InChI=1S/C30H31NOSi/c1-20(2)15-23-18-27(31-19-30(23)33(4,5)24-9-7-6-8-10-24)22-12-14-28-26(17-22)25-13-11-21(3)16-29(25)32-28/h6-14,16-20H,15H2,1-5H3. The number of aryl methyl sites for hydroxylation is 1. The average molecular weight is 450 g/mol. The van der Waals surface area contributed by atoms with Crippen molar-refractivity contribution in [1.82, 2.24) is 4.98 Å². The van der Waals surface area contributed by atoms with Gasteiger partial charge in [-0.3, -0.25) is 4.98 Å².